The second-order valence-electron chi connectivity index (χ2n) is 3.59. The van der Waals surface area contributed by atoms with Gasteiger partial charge in [-0.1, -0.05) is 11.8 Å². The summed E-state index contributed by atoms with van der Waals surface area (Å²) in [4.78, 5) is 25.5. The Morgan fingerprint density at radius 3 is 2.50 bits per heavy atom. The Bertz CT molecular complexity index is 459. The van der Waals surface area contributed by atoms with Gasteiger partial charge < -0.3 is 15.3 Å². The fourth-order valence-corrected chi connectivity index (χ4v) is 2.74. The van der Waals surface area contributed by atoms with Crippen molar-refractivity contribution >= 4 is 34.2 Å². The SMILES string of the molecule is CC(=O)SCC(O)C(O)c1nc(C)c(C(=O)O)s1. The summed E-state index contributed by atoms with van der Waals surface area (Å²) >= 11 is 1.71. The molecule has 1 aromatic heterocycles. The Hall–Kier alpha value is -0.960. The molecule has 0 saturated carbocycles. The van der Waals surface area contributed by atoms with Crippen molar-refractivity contribution in [3.05, 3.63) is 15.6 Å². The van der Waals surface area contributed by atoms with Gasteiger partial charge >= 0.3 is 5.97 Å². The summed E-state index contributed by atoms with van der Waals surface area (Å²) in [5, 5.41) is 28.3. The molecule has 0 aliphatic heterocycles. The molecule has 2 atom stereocenters. The van der Waals surface area contributed by atoms with E-state index in [-0.39, 0.29) is 20.8 Å². The van der Waals surface area contributed by atoms with Crippen LogP contribution in [0.25, 0.3) is 0 Å². The van der Waals surface area contributed by atoms with E-state index in [9.17, 15) is 19.8 Å². The number of thioether (sulfide) groups is 1. The van der Waals surface area contributed by atoms with Gasteiger partial charge in [0.1, 0.15) is 16.0 Å². The Balaban J connectivity index is 2.77. The summed E-state index contributed by atoms with van der Waals surface area (Å²) in [6, 6.07) is 0. The second kappa shape index (κ2) is 6.28. The fraction of sp³-hybridized carbons (Fsp3) is 0.500. The highest BCUT2D eigenvalue weighted by molar-refractivity contribution is 8.13. The molecule has 0 bridgehead atoms. The van der Waals surface area contributed by atoms with Crippen LogP contribution in [0.1, 0.15) is 33.4 Å². The maximum Gasteiger partial charge on any atom is 0.347 e. The lowest BCUT2D eigenvalue weighted by Gasteiger charge is -2.14. The number of aromatic nitrogens is 1. The van der Waals surface area contributed by atoms with Crippen LogP contribution in [-0.4, -0.2) is 43.2 Å². The van der Waals surface area contributed by atoms with Gasteiger partial charge in [-0.3, -0.25) is 4.79 Å². The summed E-state index contributed by atoms with van der Waals surface area (Å²) in [6.45, 7) is 2.88. The molecule has 0 radical (unpaired) electrons. The second-order valence-corrected chi connectivity index (χ2v) is 5.81. The molecule has 3 N–H and O–H groups in total. The predicted molar refractivity (Wildman–Crippen MR) is 67.9 cm³/mol. The minimum absolute atomic E-state index is 0.0375. The van der Waals surface area contributed by atoms with Crippen molar-refractivity contribution in [2.45, 2.75) is 26.1 Å². The zero-order valence-corrected chi connectivity index (χ0v) is 11.4. The molecule has 0 aromatic carbocycles. The number of carbonyl (C=O) groups is 2. The maximum absolute atomic E-state index is 10.8. The van der Waals surface area contributed by atoms with E-state index >= 15 is 0 Å². The number of aliphatic hydroxyl groups excluding tert-OH is 2. The molecule has 18 heavy (non-hydrogen) atoms. The topological polar surface area (TPSA) is 108 Å². The van der Waals surface area contributed by atoms with E-state index in [1.54, 1.807) is 0 Å². The average molecular weight is 291 g/mol. The number of aliphatic hydroxyl groups is 2. The molecule has 0 spiro atoms. The number of aromatic carboxylic acids is 1. The van der Waals surface area contributed by atoms with Crippen LogP contribution in [0.15, 0.2) is 0 Å². The molecule has 0 amide bonds. The minimum atomic E-state index is -1.28. The van der Waals surface area contributed by atoms with E-state index in [0.717, 1.165) is 23.1 Å². The molecule has 6 nitrogen and oxygen atoms in total. The van der Waals surface area contributed by atoms with Crippen LogP contribution in [0.3, 0.4) is 0 Å². The lowest BCUT2D eigenvalue weighted by atomic mass is 10.2. The van der Waals surface area contributed by atoms with E-state index in [2.05, 4.69) is 4.98 Å². The zero-order chi connectivity index (χ0) is 13.9. The van der Waals surface area contributed by atoms with Crippen LogP contribution in [-0.2, 0) is 4.79 Å². The maximum atomic E-state index is 10.8. The Kier molecular flexibility index (Phi) is 5.27. The normalized spacial score (nSPS) is 14.2. The largest absolute Gasteiger partial charge is 0.477 e. The number of aryl methyl sites for hydroxylation is 1. The van der Waals surface area contributed by atoms with Crippen molar-refractivity contribution in [1.29, 1.82) is 0 Å². The van der Waals surface area contributed by atoms with Crippen molar-refractivity contribution in [3.63, 3.8) is 0 Å². The summed E-state index contributed by atoms with van der Waals surface area (Å²) in [7, 11) is 0. The smallest absolute Gasteiger partial charge is 0.347 e. The number of thiazole rings is 1. The standard InChI is InChI=1S/C10H13NO5S2/c1-4-8(10(15)16)18-9(11-4)7(14)6(13)3-17-5(2)12/h6-7,13-14H,3H2,1-2H3,(H,15,16). The van der Waals surface area contributed by atoms with E-state index in [1.807, 2.05) is 0 Å². The number of hydrogen-bond acceptors (Lipinski definition) is 7. The lowest BCUT2D eigenvalue weighted by Crippen LogP contribution is -2.21. The van der Waals surface area contributed by atoms with Crippen molar-refractivity contribution in [3.8, 4) is 0 Å². The van der Waals surface area contributed by atoms with Crippen LogP contribution >= 0.6 is 23.1 Å². The van der Waals surface area contributed by atoms with Crippen LogP contribution < -0.4 is 0 Å². The third-order valence-electron chi connectivity index (χ3n) is 2.08. The fourth-order valence-electron chi connectivity index (χ4n) is 1.20. The van der Waals surface area contributed by atoms with Gasteiger partial charge in [0.15, 0.2) is 5.12 Å². The van der Waals surface area contributed by atoms with Crippen molar-refractivity contribution in [2.24, 2.45) is 0 Å². The third-order valence-corrected chi connectivity index (χ3v) is 4.21. The first-order chi connectivity index (χ1) is 8.32. The average Bonchev–Trinajstić information content (AvgIpc) is 2.67. The number of hydrogen-bond donors (Lipinski definition) is 3. The van der Waals surface area contributed by atoms with Crippen LogP contribution in [0, 0.1) is 6.92 Å². The van der Waals surface area contributed by atoms with Gasteiger partial charge in [-0.05, 0) is 6.92 Å². The lowest BCUT2D eigenvalue weighted by molar-refractivity contribution is -0.109. The van der Waals surface area contributed by atoms with E-state index in [1.165, 1.54) is 13.8 Å². The number of carbonyl (C=O) groups excluding carboxylic acids is 1. The number of carboxylic acid groups (broad SMARTS) is 1. The molecule has 1 aromatic rings. The van der Waals surface area contributed by atoms with Crippen LogP contribution in [0.2, 0.25) is 0 Å². The summed E-state index contributed by atoms with van der Waals surface area (Å²) in [5.74, 6) is -1.08. The molecular formula is C10H13NO5S2. The van der Waals surface area contributed by atoms with Gasteiger partial charge in [0.2, 0.25) is 0 Å². The van der Waals surface area contributed by atoms with Gasteiger partial charge in [-0.25, -0.2) is 9.78 Å². The quantitative estimate of drug-likeness (QED) is 0.737. The van der Waals surface area contributed by atoms with Gasteiger partial charge in [0.05, 0.1) is 11.8 Å². The molecular weight excluding hydrogens is 278 g/mol. The Morgan fingerprint density at radius 1 is 1.44 bits per heavy atom. The number of rotatable bonds is 5. The number of carboxylic acids is 1. The van der Waals surface area contributed by atoms with Gasteiger partial charge in [-0.2, -0.15) is 0 Å². The third kappa shape index (κ3) is 3.77. The van der Waals surface area contributed by atoms with E-state index in [0.29, 0.717) is 5.69 Å². The first-order valence-corrected chi connectivity index (χ1v) is 6.83. The molecule has 2 unspecified atom stereocenters. The number of nitrogens with zero attached hydrogens (tertiary/aromatic N) is 1. The highest BCUT2D eigenvalue weighted by Gasteiger charge is 2.25. The molecule has 8 heteroatoms. The minimum Gasteiger partial charge on any atom is -0.477 e. The van der Waals surface area contributed by atoms with E-state index < -0.39 is 18.2 Å². The molecule has 0 fully saturated rings. The molecule has 1 rings (SSSR count). The highest BCUT2D eigenvalue weighted by Crippen LogP contribution is 2.27. The van der Waals surface area contributed by atoms with Crippen LogP contribution in [0.5, 0.6) is 0 Å². The Labute approximate surface area is 112 Å². The first kappa shape index (κ1) is 15.1. The first-order valence-electron chi connectivity index (χ1n) is 5.03. The van der Waals surface area contributed by atoms with Gasteiger partial charge in [0, 0.05) is 12.7 Å². The highest BCUT2D eigenvalue weighted by atomic mass is 32.2. The molecule has 1 heterocycles. The van der Waals surface area contributed by atoms with Crippen molar-refractivity contribution in [2.75, 3.05) is 5.75 Å². The molecule has 0 aliphatic carbocycles. The molecule has 100 valence electrons. The summed E-state index contributed by atoms with van der Waals surface area (Å²) in [5.41, 5.74) is 0.299. The summed E-state index contributed by atoms with van der Waals surface area (Å²) < 4.78 is 0. The predicted octanol–water partition coefficient (Wildman–Crippen LogP) is 0.824. The van der Waals surface area contributed by atoms with E-state index in [4.69, 9.17) is 5.11 Å². The zero-order valence-electron chi connectivity index (χ0n) is 9.78. The molecule has 0 saturated heterocycles. The Morgan fingerprint density at radius 2 is 2.06 bits per heavy atom. The monoisotopic (exact) mass is 291 g/mol. The van der Waals surface area contributed by atoms with Gasteiger partial charge in [0.25, 0.3) is 0 Å². The van der Waals surface area contributed by atoms with Gasteiger partial charge in [-0.15, -0.1) is 11.3 Å². The molecule has 0 aliphatic rings. The summed E-state index contributed by atoms with van der Waals surface area (Å²) in [6.07, 6.45) is -2.44. The van der Waals surface area contributed by atoms with Crippen molar-refractivity contribution < 1.29 is 24.9 Å². The van der Waals surface area contributed by atoms with Crippen LogP contribution in [0.4, 0.5) is 0 Å². The van der Waals surface area contributed by atoms with Crippen molar-refractivity contribution in [1.82, 2.24) is 4.98 Å².